The molecule has 8 heteroatoms. The van der Waals surface area contributed by atoms with Crippen LogP contribution in [0.25, 0.3) is 0 Å². The van der Waals surface area contributed by atoms with E-state index in [1.807, 2.05) is 18.2 Å². The topological polar surface area (TPSA) is 79.8 Å². The van der Waals surface area contributed by atoms with Crippen LogP contribution in [0.15, 0.2) is 71.8 Å². The van der Waals surface area contributed by atoms with Crippen molar-refractivity contribution in [2.75, 3.05) is 5.32 Å². The van der Waals surface area contributed by atoms with E-state index in [1.54, 1.807) is 48.5 Å². The normalized spacial score (nSPS) is 10.7. The molecular weight excluding hydrogens is 437 g/mol. The molecule has 2 amide bonds. The zero-order valence-corrected chi connectivity index (χ0v) is 18.1. The van der Waals surface area contributed by atoms with Gasteiger partial charge in [-0.15, -0.1) is 0 Å². The average Bonchev–Trinajstić information content (AvgIpc) is 2.73. The SMILES string of the molecule is CC(=O)Nc1ccc(C(=O)NN=Cc2cc(Cl)ccc2OCc2cccc(Cl)c2)cc1. The first-order valence-corrected chi connectivity index (χ1v) is 10.0. The van der Waals surface area contributed by atoms with Crippen molar-refractivity contribution in [1.82, 2.24) is 5.43 Å². The monoisotopic (exact) mass is 455 g/mol. The number of anilines is 1. The van der Waals surface area contributed by atoms with E-state index >= 15 is 0 Å². The van der Waals surface area contributed by atoms with Crippen LogP contribution in [-0.4, -0.2) is 18.0 Å². The number of hydrazone groups is 1. The van der Waals surface area contributed by atoms with Crippen LogP contribution in [0.5, 0.6) is 5.75 Å². The maximum atomic E-state index is 12.3. The fourth-order valence-electron chi connectivity index (χ4n) is 2.67. The van der Waals surface area contributed by atoms with Crippen molar-refractivity contribution in [3.63, 3.8) is 0 Å². The lowest BCUT2D eigenvalue weighted by atomic mass is 10.2. The van der Waals surface area contributed by atoms with Crippen LogP contribution in [0.4, 0.5) is 5.69 Å². The van der Waals surface area contributed by atoms with Gasteiger partial charge in [0, 0.05) is 33.8 Å². The Kier molecular flexibility index (Phi) is 7.65. The highest BCUT2D eigenvalue weighted by atomic mass is 35.5. The molecule has 0 unspecified atom stereocenters. The quantitative estimate of drug-likeness (QED) is 0.374. The number of nitrogens with zero attached hydrogens (tertiary/aromatic N) is 1. The number of carbonyl (C=O) groups excluding carboxylic acids is 2. The maximum absolute atomic E-state index is 12.3. The largest absolute Gasteiger partial charge is 0.488 e. The van der Waals surface area contributed by atoms with E-state index in [0.717, 1.165) is 5.56 Å². The first kappa shape index (κ1) is 22.3. The lowest BCUT2D eigenvalue weighted by Gasteiger charge is -2.10. The van der Waals surface area contributed by atoms with Crippen molar-refractivity contribution >= 4 is 46.9 Å². The van der Waals surface area contributed by atoms with E-state index in [2.05, 4.69) is 15.8 Å². The van der Waals surface area contributed by atoms with Crippen LogP contribution in [-0.2, 0) is 11.4 Å². The summed E-state index contributed by atoms with van der Waals surface area (Å²) in [4.78, 5) is 23.3. The molecule has 0 saturated heterocycles. The summed E-state index contributed by atoms with van der Waals surface area (Å²) < 4.78 is 5.86. The van der Waals surface area contributed by atoms with Gasteiger partial charge in [-0.3, -0.25) is 9.59 Å². The Balaban J connectivity index is 1.65. The van der Waals surface area contributed by atoms with E-state index in [0.29, 0.717) is 39.2 Å². The molecule has 6 nitrogen and oxygen atoms in total. The van der Waals surface area contributed by atoms with Crippen LogP contribution in [0.3, 0.4) is 0 Å². The Morgan fingerprint density at radius 3 is 2.45 bits per heavy atom. The molecule has 0 aliphatic heterocycles. The summed E-state index contributed by atoms with van der Waals surface area (Å²) in [5, 5.41) is 7.79. The predicted octanol–water partition coefficient (Wildman–Crippen LogP) is 5.29. The zero-order valence-electron chi connectivity index (χ0n) is 16.6. The van der Waals surface area contributed by atoms with Crippen molar-refractivity contribution < 1.29 is 14.3 Å². The Bertz CT molecular complexity index is 1120. The molecule has 0 aromatic heterocycles. The zero-order chi connectivity index (χ0) is 22.2. The highest BCUT2D eigenvalue weighted by molar-refractivity contribution is 6.31. The van der Waals surface area contributed by atoms with Crippen LogP contribution in [0, 0.1) is 0 Å². The highest BCUT2D eigenvalue weighted by Gasteiger charge is 2.07. The van der Waals surface area contributed by atoms with Crippen molar-refractivity contribution in [3.05, 3.63) is 93.5 Å². The number of hydrogen-bond acceptors (Lipinski definition) is 4. The van der Waals surface area contributed by atoms with Gasteiger partial charge >= 0.3 is 0 Å². The Morgan fingerprint density at radius 2 is 1.74 bits per heavy atom. The summed E-state index contributed by atoms with van der Waals surface area (Å²) in [5.74, 6) is -0.0206. The molecule has 0 heterocycles. The second-order valence-corrected chi connectivity index (χ2v) is 7.43. The van der Waals surface area contributed by atoms with Gasteiger partial charge in [0.1, 0.15) is 12.4 Å². The van der Waals surface area contributed by atoms with Crippen LogP contribution in [0.1, 0.15) is 28.4 Å². The minimum absolute atomic E-state index is 0.184. The fraction of sp³-hybridized carbons (Fsp3) is 0.0870. The van der Waals surface area contributed by atoms with Gasteiger partial charge in [-0.05, 0) is 60.2 Å². The number of hydrogen-bond donors (Lipinski definition) is 2. The van der Waals surface area contributed by atoms with Crippen molar-refractivity contribution in [2.45, 2.75) is 13.5 Å². The van der Waals surface area contributed by atoms with E-state index in [9.17, 15) is 9.59 Å². The first-order chi connectivity index (χ1) is 14.9. The maximum Gasteiger partial charge on any atom is 0.271 e. The molecule has 0 aliphatic carbocycles. The standard InChI is InChI=1S/C23H19Cl2N3O3/c1-15(29)27-21-8-5-17(6-9-21)23(30)28-26-13-18-12-20(25)7-10-22(18)31-14-16-3-2-4-19(24)11-16/h2-13H,14H2,1H3,(H,27,29)(H,28,30). The van der Waals surface area contributed by atoms with Crippen molar-refractivity contribution in [1.29, 1.82) is 0 Å². The van der Waals surface area contributed by atoms with Crippen LogP contribution in [0.2, 0.25) is 10.0 Å². The number of amides is 2. The molecule has 0 atom stereocenters. The minimum Gasteiger partial charge on any atom is -0.488 e. The molecule has 0 fully saturated rings. The Morgan fingerprint density at radius 1 is 1.00 bits per heavy atom. The first-order valence-electron chi connectivity index (χ1n) is 9.28. The molecule has 31 heavy (non-hydrogen) atoms. The van der Waals surface area contributed by atoms with Crippen LogP contribution >= 0.6 is 23.2 Å². The van der Waals surface area contributed by atoms with Gasteiger partial charge in [-0.25, -0.2) is 5.43 Å². The second kappa shape index (κ2) is 10.6. The summed E-state index contributed by atoms with van der Waals surface area (Å²) in [6, 6.07) is 19.0. The molecule has 0 bridgehead atoms. The molecule has 0 saturated carbocycles. The molecule has 0 radical (unpaired) electrons. The fourth-order valence-corrected chi connectivity index (χ4v) is 3.07. The molecule has 3 aromatic rings. The molecule has 2 N–H and O–H groups in total. The van der Waals surface area contributed by atoms with Gasteiger partial charge in [0.05, 0.1) is 6.21 Å². The minimum atomic E-state index is -0.394. The van der Waals surface area contributed by atoms with Crippen LogP contribution < -0.4 is 15.5 Å². The Labute approximate surface area is 189 Å². The van der Waals surface area contributed by atoms with E-state index in [1.165, 1.54) is 13.1 Å². The molecular formula is C23H19Cl2N3O3. The lowest BCUT2D eigenvalue weighted by molar-refractivity contribution is -0.114. The van der Waals surface area contributed by atoms with E-state index < -0.39 is 5.91 Å². The Hall–Kier alpha value is -3.35. The molecule has 0 aliphatic rings. The summed E-state index contributed by atoms with van der Waals surface area (Å²) in [6.45, 7) is 1.73. The van der Waals surface area contributed by atoms with E-state index in [4.69, 9.17) is 27.9 Å². The molecule has 158 valence electrons. The van der Waals surface area contributed by atoms with Crippen molar-refractivity contribution in [2.24, 2.45) is 5.10 Å². The van der Waals surface area contributed by atoms with Gasteiger partial charge < -0.3 is 10.1 Å². The number of carbonyl (C=O) groups is 2. The van der Waals surface area contributed by atoms with Crippen molar-refractivity contribution in [3.8, 4) is 5.75 Å². The number of rotatable bonds is 7. The van der Waals surface area contributed by atoms with Gasteiger partial charge in [-0.2, -0.15) is 5.10 Å². The lowest BCUT2D eigenvalue weighted by Crippen LogP contribution is -2.17. The second-order valence-electron chi connectivity index (χ2n) is 6.56. The predicted molar refractivity (Wildman–Crippen MR) is 123 cm³/mol. The number of benzene rings is 3. The molecule has 0 spiro atoms. The summed E-state index contributed by atoms with van der Waals surface area (Å²) in [7, 11) is 0. The molecule has 3 aromatic carbocycles. The van der Waals surface area contributed by atoms with Gasteiger partial charge in [0.15, 0.2) is 0 Å². The summed E-state index contributed by atoms with van der Waals surface area (Å²) in [6.07, 6.45) is 1.46. The summed E-state index contributed by atoms with van der Waals surface area (Å²) in [5.41, 5.74) is 4.99. The van der Waals surface area contributed by atoms with E-state index in [-0.39, 0.29) is 5.91 Å². The third kappa shape index (κ3) is 6.84. The summed E-state index contributed by atoms with van der Waals surface area (Å²) >= 11 is 12.1. The highest BCUT2D eigenvalue weighted by Crippen LogP contribution is 2.23. The van der Waals surface area contributed by atoms with Gasteiger partial charge in [0.2, 0.25) is 5.91 Å². The van der Waals surface area contributed by atoms with Gasteiger partial charge in [0.25, 0.3) is 5.91 Å². The number of nitrogens with one attached hydrogen (secondary N) is 2. The smallest absolute Gasteiger partial charge is 0.271 e. The third-order valence-electron chi connectivity index (χ3n) is 4.09. The average molecular weight is 456 g/mol. The molecule has 3 rings (SSSR count). The number of ether oxygens (including phenoxy) is 1. The number of halogens is 2. The third-order valence-corrected chi connectivity index (χ3v) is 4.56. The van der Waals surface area contributed by atoms with Gasteiger partial charge in [-0.1, -0.05) is 35.3 Å².